The maximum atomic E-state index is 12.3. The van der Waals surface area contributed by atoms with Gasteiger partial charge in [0.15, 0.2) is 17.2 Å². The van der Waals surface area contributed by atoms with Gasteiger partial charge in [0, 0.05) is 17.2 Å². The Bertz CT molecular complexity index is 1120. The summed E-state index contributed by atoms with van der Waals surface area (Å²) in [5.74, 6) is 0.476. The van der Waals surface area contributed by atoms with Gasteiger partial charge in [-0.1, -0.05) is 18.7 Å². The molecule has 0 unspecified atom stereocenters. The number of rotatable bonds is 8. The quantitative estimate of drug-likeness (QED) is 0.203. The van der Waals surface area contributed by atoms with Crippen LogP contribution in [0.2, 0.25) is 0 Å². The number of aryl methyl sites for hydroxylation is 1. The third kappa shape index (κ3) is 5.16. The van der Waals surface area contributed by atoms with Gasteiger partial charge in [-0.25, -0.2) is 9.79 Å². The lowest BCUT2D eigenvalue weighted by Gasteiger charge is -2.12. The van der Waals surface area contributed by atoms with Gasteiger partial charge in [-0.2, -0.15) is 0 Å². The number of carbonyl (C=O) groups is 1. The number of benzene rings is 2. The SMILES string of the molecule is C=C(C)COc1ccc(/C=C2\N=C(c3ccc(C)c([N+](=O)[O-])c3)OC2=O)cc1OCC. The molecule has 0 aliphatic carbocycles. The van der Waals surface area contributed by atoms with Crippen LogP contribution in [0.3, 0.4) is 0 Å². The lowest BCUT2D eigenvalue weighted by molar-refractivity contribution is -0.385. The molecule has 2 aromatic carbocycles. The van der Waals surface area contributed by atoms with Crippen LogP contribution in [0, 0.1) is 17.0 Å². The molecule has 0 amide bonds. The van der Waals surface area contributed by atoms with E-state index in [1.54, 1.807) is 43.3 Å². The highest BCUT2D eigenvalue weighted by Crippen LogP contribution is 2.31. The average Bonchev–Trinajstić information content (AvgIpc) is 3.08. The normalized spacial score (nSPS) is 14.2. The minimum Gasteiger partial charge on any atom is -0.490 e. The summed E-state index contributed by atoms with van der Waals surface area (Å²) < 4.78 is 16.6. The molecule has 0 bridgehead atoms. The van der Waals surface area contributed by atoms with E-state index in [2.05, 4.69) is 11.6 Å². The lowest BCUT2D eigenvalue weighted by Crippen LogP contribution is -2.06. The summed E-state index contributed by atoms with van der Waals surface area (Å²) in [6.45, 7) is 9.98. The van der Waals surface area contributed by atoms with Gasteiger partial charge >= 0.3 is 5.97 Å². The minimum absolute atomic E-state index is 0.0193. The Morgan fingerprint density at radius 3 is 2.68 bits per heavy atom. The molecule has 2 aromatic rings. The summed E-state index contributed by atoms with van der Waals surface area (Å²) >= 11 is 0. The fourth-order valence-corrected chi connectivity index (χ4v) is 2.83. The zero-order valence-electron chi connectivity index (χ0n) is 17.5. The van der Waals surface area contributed by atoms with Gasteiger partial charge in [0.2, 0.25) is 5.90 Å². The lowest BCUT2D eigenvalue weighted by atomic mass is 10.1. The number of nitro groups is 1. The number of nitrogens with zero attached hydrogens (tertiary/aromatic N) is 2. The first-order chi connectivity index (χ1) is 14.8. The number of ether oxygens (including phenoxy) is 3. The second kappa shape index (κ2) is 9.25. The maximum Gasteiger partial charge on any atom is 0.363 e. The van der Waals surface area contributed by atoms with Crippen molar-refractivity contribution in [2.45, 2.75) is 20.8 Å². The summed E-state index contributed by atoms with van der Waals surface area (Å²) in [4.78, 5) is 27.2. The summed E-state index contributed by atoms with van der Waals surface area (Å²) in [6, 6.07) is 9.80. The van der Waals surface area contributed by atoms with Crippen LogP contribution in [0.1, 0.15) is 30.5 Å². The Labute approximate surface area is 179 Å². The molecule has 8 heteroatoms. The first-order valence-corrected chi connectivity index (χ1v) is 9.60. The smallest absolute Gasteiger partial charge is 0.363 e. The largest absolute Gasteiger partial charge is 0.490 e. The van der Waals surface area contributed by atoms with Crippen LogP contribution in [0.4, 0.5) is 5.69 Å². The zero-order chi connectivity index (χ0) is 22.5. The number of cyclic esters (lactones) is 1. The van der Waals surface area contributed by atoms with E-state index >= 15 is 0 Å². The topological polar surface area (TPSA) is 100 Å². The Kier molecular flexibility index (Phi) is 6.49. The van der Waals surface area contributed by atoms with Crippen molar-refractivity contribution in [2.75, 3.05) is 13.2 Å². The molecule has 3 rings (SSSR count). The second-order valence-electron chi connectivity index (χ2n) is 6.98. The predicted octanol–water partition coefficient (Wildman–Crippen LogP) is 4.60. The van der Waals surface area contributed by atoms with Gasteiger partial charge in [-0.15, -0.1) is 0 Å². The molecule has 160 valence electrons. The van der Waals surface area contributed by atoms with Gasteiger partial charge in [0.1, 0.15) is 6.61 Å². The van der Waals surface area contributed by atoms with Crippen LogP contribution < -0.4 is 9.47 Å². The molecular formula is C23H22N2O6. The van der Waals surface area contributed by atoms with E-state index in [9.17, 15) is 14.9 Å². The molecule has 1 aliphatic rings. The highest BCUT2D eigenvalue weighted by molar-refractivity contribution is 6.13. The van der Waals surface area contributed by atoms with Crippen molar-refractivity contribution < 1.29 is 23.9 Å². The van der Waals surface area contributed by atoms with Crippen molar-refractivity contribution in [3.05, 3.63) is 81.1 Å². The van der Waals surface area contributed by atoms with E-state index in [4.69, 9.17) is 14.2 Å². The fourth-order valence-electron chi connectivity index (χ4n) is 2.83. The monoisotopic (exact) mass is 422 g/mol. The minimum atomic E-state index is -0.640. The van der Waals surface area contributed by atoms with Crippen molar-refractivity contribution in [3.63, 3.8) is 0 Å². The van der Waals surface area contributed by atoms with Gasteiger partial charge < -0.3 is 14.2 Å². The Morgan fingerprint density at radius 2 is 2.00 bits per heavy atom. The van der Waals surface area contributed by atoms with Crippen LogP contribution in [0.15, 0.2) is 59.2 Å². The van der Waals surface area contributed by atoms with E-state index in [-0.39, 0.29) is 17.3 Å². The molecule has 1 heterocycles. The van der Waals surface area contributed by atoms with Crippen LogP contribution in [-0.2, 0) is 9.53 Å². The summed E-state index contributed by atoms with van der Waals surface area (Å²) in [7, 11) is 0. The Morgan fingerprint density at radius 1 is 1.23 bits per heavy atom. The van der Waals surface area contributed by atoms with Crippen molar-refractivity contribution in [1.29, 1.82) is 0 Å². The molecule has 31 heavy (non-hydrogen) atoms. The van der Waals surface area contributed by atoms with Gasteiger partial charge in [0.05, 0.1) is 11.5 Å². The van der Waals surface area contributed by atoms with Crippen molar-refractivity contribution in [1.82, 2.24) is 0 Å². The maximum absolute atomic E-state index is 12.3. The van der Waals surface area contributed by atoms with E-state index in [1.165, 1.54) is 6.07 Å². The summed E-state index contributed by atoms with van der Waals surface area (Å²) in [5.41, 5.74) is 2.41. The van der Waals surface area contributed by atoms with Crippen molar-refractivity contribution in [2.24, 2.45) is 4.99 Å². The van der Waals surface area contributed by atoms with E-state index in [0.29, 0.717) is 41.4 Å². The third-order valence-electron chi connectivity index (χ3n) is 4.32. The number of carbonyl (C=O) groups excluding carboxylic acids is 1. The molecule has 0 atom stereocenters. The van der Waals surface area contributed by atoms with Crippen LogP contribution in [0.5, 0.6) is 11.5 Å². The zero-order valence-corrected chi connectivity index (χ0v) is 17.5. The van der Waals surface area contributed by atoms with Gasteiger partial charge in [-0.3, -0.25) is 10.1 Å². The average molecular weight is 422 g/mol. The van der Waals surface area contributed by atoms with E-state index in [1.807, 2.05) is 13.8 Å². The number of esters is 1. The van der Waals surface area contributed by atoms with E-state index in [0.717, 1.165) is 5.57 Å². The third-order valence-corrected chi connectivity index (χ3v) is 4.32. The number of hydrogen-bond acceptors (Lipinski definition) is 7. The highest BCUT2D eigenvalue weighted by Gasteiger charge is 2.26. The van der Waals surface area contributed by atoms with Crippen molar-refractivity contribution >= 4 is 23.6 Å². The molecule has 1 aliphatic heterocycles. The summed E-state index contributed by atoms with van der Waals surface area (Å²) in [6.07, 6.45) is 1.56. The predicted molar refractivity (Wildman–Crippen MR) is 116 cm³/mol. The first kappa shape index (κ1) is 21.8. The molecule has 0 saturated heterocycles. The standard InChI is InChI=1S/C23H22N2O6/c1-5-29-21-11-16(7-9-20(21)30-13-14(2)3)10-18-23(26)31-22(24-18)17-8-6-15(4)19(12-17)25(27)28/h6-12H,2,5,13H2,1,3-4H3/b18-10-. The molecule has 0 aromatic heterocycles. The number of aliphatic imine (C=N–C) groups is 1. The molecule has 0 N–H and O–H groups in total. The molecule has 0 fully saturated rings. The Balaban J connectivity index is 1.91. The Hall–Kier alpha value is -3.94. The van der Waals surface area contributed by atoms with Gasteiger partial charge in [0.25, 0.3) is 5.69 Å². The first-order valence-electron chi connectivity index (χ1n) is 9.60. The second-order valence-corrected chi connectivity index (χ2v) is 6.98. The van der Waals surface area contributed by atoms with Gasteiger partial charge in [-0.05, 0) is 56.2 Å². The molecule has 0 saturated carbocycles. The molecule has 0 radical (unpaired) electrons. The van der Waals surface area contributed by atoms with E-state index < -0.39 is 10.9 Å². The number of nitro benzene ring substituents is 1. The fraction of sp³-hybridized carbons (Fsp3) is 0.217. The van der Waals surface area contributed by atoms with Crippen LogP contribution in [0.25, 0.3) is 6.08 Å². The van der Waals surface area contributed by atoms with Crippen LogP contribution in [-0.4, -0.2) is 30.0 Å². The van der Waals surface area contributed by atoms with Crippen LogP contribution >= 0.6 is 0 Å². The summed E-state index contributed by atoms with van der Waals surface area (Å²) in [5, 5.41) is 11.2. The number of hydrogen-bond donors (Lipinski definition) is 0. The molecule has 0 spiro atoms. The van der Waals surface area contributed by atoms with Crippen molar-refractivity contribution in [3.8, 4) is 11.5 Å². The highest BCUT2D eigenvalue weighted by atomic mass is 16.6. The molecular weight excluding hydrogens is 400 g/mol. The molecule has 8 nitrogen and oxygen atoms in total.